The Morgan fingerprint density at radius 2 is 1.40 bits per heavy atom. The van der Waals surface area contributed by atoms with E-state index in [2.05, 4.69) is 5.32 Å². The number of nitrogens with zero attached hydrogens (tertiary/aromatic N) is 2. The third-order valence-electron chi connectivity index (χ3n) is 6.93. The molecule has 1 N–H and O–H groups in total. The van der Waals surface area contributed by atoms with E-state index in [1.165, 1.54) is 9.21 Å². The molecule has 3 aromatic carbocycles. The molecule has 0 spiro atoms. The summed E-state index contributed by atoms with van der Waals surface area (Å²) in [7, 11) is -4.10. The molecule has 40 heavy (non-hydrogen) atoms. The number of aryl methyl sites for hydroxylation is 4. The van der Waals surface area contributed by atoms with Crippen LogP contribution in [0.4, 0.5) is 5.69 Å². The molecule has 3 aromatic rings. The van der Waals surface area contributed by atoms with E-state index in [1.807, 2.05) is 77.9 Å². The van der Waals surface area contributed by atoms with Gasteiger partial charge in [0.15, 0.2) is 0 Å². The van der Waals surface area contributed by atoms with Gasteiger partial charge in [-0.2, -0.15) is 0 Å². The minimum absolute atomic E-state index is 0.102. The summed E-state index contributed by atoms with van der Waals surface area (Å²) in [5.41, 5.74) is 4.92. The summed E-state index contributed by atoms with van der Waals surface area (Å²) in [6.07, 6.45) is 1.16. The van der Waals surface area contributed by atoms with Crippen LogP contribution in [0.15, 0.2) is 71.6 Å². The molecule has 0 bridgehead atoms. The molecule has 0 aliphatic heterocycles. The summed E-state index contributed by atoms with van der Waals surface area (Å²) in [5, 5.41) is 2.91. The number of anilines is 1. The number of amides is 2. The summed E-state index contributed by atoms with van der Waals surface area (Å²) in [6, 6.07) is 19.2. The van der Waals surface area contributed by atoms with Crippen LogP contribution in [-0.2, 0) is 26.2 Å². The highest BCUT2D eigenvalue weighted by Gasteiger charge is 2.34. The third kappa shape index (κ3) is 7.50. The van der Waals surface area contributed by atoms with Crippen molar-refractivity contribution in [3.63, 3.8) is 0 Å². The number of rotatable bonds is 12. The number of carbonyl (C=O) groups is 2. The third-order valence-corrected chi connectivity index (χ3v) is 8.70. The van der Waals surface area contributed by atoms with Crippen LogP contribution in [0.1, 0.15) is 54.5 Å². The van der Waals surface area contributed by atoms with Crippen molar-refractivity contribution in [1.82, 2.24) is 10.2 Å². The van der Waals surface area contributed by atoms with Crippen LogP contribution < -0.4 is 9.62 Å². The molecule has 0 aliphatic rings. The second-order valence-corrected chi connectivity index (χ2v) is 12.2. The molecular formula is C32H41N3O4S. The second-order valence-electron chi connectivity index (χ2n) is 10.3. The molecule has 0 aliphatic carbocycles. The molecule has 2 amide bonds. The van der Waals surface area contributed by atoms with Crippen molar-refractivity contribution in [2.45, 2.75) is 71.9 Å². The maximum Gasteiger partial charge on any atom is 0.264 e. The van der Waals surface area contributed by atoms with Crippen LogP contribution in [-0.4, -0.2) is 44.3 Å². The fraction of sp³-hybridized carbons (Fsp3) is 0.375. The zero-order valence-corrected chi connectivity index (χ0v) is 25.2. The zero-order valence-electron chi connectivity index (χ0n) is 24.4. The summed E-state index contributed by atoms with van der Waals surface area (Å²) in [4.78, 5) is 29.0. The standard InChI is InChI=1S/C32H41N3O4S/c1-7-19-33-32(37)29(8-2)34(21-27-15-10-23(3)11-16-27)31(36)22-35(30-20-25(5)9-14-26(30)6)40(38,39)28-17-12-24(4)13-18-28/h9-18,20,29H,7-8,19,21-22H2,1-6H3,(H,33,37). The fourth-order valence-corrected chi connectivity index (χ4v) is 5.99. The Bertz CT molecular complexity index is 1420. The Kier molecular flexibility index (Phi) is 10.5. The SMILES string of the molecule is CCCNC(=O)C(CC)N(Cc1ccc(C)cc1)C(=O)CN(c1cc(C)ccc1C)S(=O)(=O)c1ccc(C)cc1. The molecule has 0 fully saturated rings. The predicted octanol–water partition coefficient (Wildman–Crippen LogP) is 5.45. The van der Waals surface area contributed by atoms with Crippen LogP contribution >= 0.6 is 0 Å². The molecular weight excluding hydrogens is 522 g/mol. The van der Waals surface area contributed by atoms with Crippen molar-refractivity contribution in [2.75, 3.05) is 17.4 Å². The average molecular weight is 564 g/mol. The topological polar surface area (TPSA) is 86.8 Å². The molecule has 0 heterocycles. The Morgan fingerprint density at radius 1 is 0.825 bits per heavy atom. The summed E-state index contributed by atoms with van der Waals surface area (Å²) < 4.78 is 29.3. The Labute approximate surface area is 239 Å². The van der Waals surface area contributed by atoms with E-state index >= 15 is 0 Å². The number of sulfonamides is 1. The lowest BCUT2D eigenvalue weighted by Crippen LogP contribution is -2.52. The molecule has 214 valence electrons. The van der Waals surface area contributed by atoms with E-state index in [-0.39, 0.29) is 17.3 Å². The van der Waals surface area contributed by atoms with E-state index in [4.69, 9.17) is 0 Å². The number of hydrogen-bond acceptors (Lipinski definition) is 4. The second kappa shape index (κ2) is 13.6. The first-order valence-electron chi connectivity index (χ1n) is 13.8. The number of carbonyl (C=O) groups excluding carboxylic acids is 2. The molecule has 1 atom stereocenters. The lowest BCUT2D eigenvalue weighted by molar-refractivity contribution is -0.140. The van der Waals surface area contributed by atoms with Crippen LogP contribution in [0.5, 0.6) is 0 Å². The fourth-order valence-electron chi connectivity index (χ4n) is 4.51. The van der Waals surface area contributed by atoms with Crippen LogP contribution in [0.3, 0.4) is 0 Å². The Hall–Kier alpha value is -3.65. The Morgan fingerprint density at radius 3 is 1.98 bits per heavy atom. The maximum absolute atomic E-state index is 14.1. The zero-order chi connectivity index (χ0) is 29.4. The number of benzene rings is 3. The van der Waals surface area contributed by atoms with Gasteiger partial charge in [-0.25, -0.2) is 8.42 Å². The molecule has 1 unspecified atom stereocenters. The van der Waals surface area contributed by atoms with E-state index in [9.17, 15) is 18.0 Å². The van der Waals surface area contributed by atoms with Crippen molar-refractivity contribution >= 4 is 27.5 Å². The van der Waals surface area contributed by atoms with Crippen molar-refractivity contribution in [3.05, 3.63) is 94.5 Å². The first kappa shape index (κ1) is 30.9. The first-order chi connectivity index (χ1) is 19.0. The lowest BCUT2D eigenvalue weighted by atomic mass is 10.1. The van der Waals surface area contributed by atoms with Crippen LogP contribution in [0.25, 0.3) is 0 Å². The average Bonchev–Trinajstić information content (AvgIpc) is 2.93. The summed E-state index contributed by atoms with van der Waals surface area (Å²) in [6.45, 7) is 11.7. The van der Waals surface area contributed by atoms with Gasteiger partial charge in [-0.1, -0.05) is 73.5 Å². The van der Waals surface area contributed by atoms with Gasteiger partial charge in [0.1, 0.15) is 12.6 Å². The van der Waals surface area contributed by atoms with Crippen molar-refractivity contribution in [1.29, 1.82) is 0 Å². The highest BCUT2D eigenvalue weighted by molar-refractivity contribution is 7.92. The normalized spacial score (nSPS) is 12.1. The Balaban J connectivity index is 2.09. The number of nitrogens with one attached hydrogen (secondary N) is 1. The largest absolute Gasteiger partial charge is 0.354 e. The van der Waals surface area contributed by atoms with Crippen LogP contribution in [0, 0.1) is 27.7 Å². The highest BCUT2D eigenvalue weighted by Crippen LogP contribution is 2.29. The predicted molar refractivity (Wildman–Crippen MR) is 161 cm³/mol. The van der Waals surface area contributed by atoms with E-state index in [0.717, 1.165) is 34.2 Å². The van der Waals surface area contributed by atoms with Gasteiger partial charge in [0.25, 0.3) is 10.0 Å². The number of hydrogen-bond donors (Lipinski definition) is 1. The molecule has 3 rings (SSSR count). The van der Waals surface area contributed by atoms with Crippen molar-refractivity contribution in [3.8, 4) is 0 Å². The summed E-state index contributed by atoms with van der Waals surface area (Å²) >= 11 is 0. The van der Waals surface area contributed by atoms with E-state index in [1.54, 1.807) is 30.3 Å². The smallest absolute Gasteiger partial charge is 0.264 e. The monoisotopic (exact) mass is 563 g/mol. The van der Waals surface area contributed by atoms with E-state index < -0.39 is 28.5 Å². The van der Waals surface area contributed by atoms with E-state index in [0.29, 0.717) is 18.7 Å². The molecule has 0 saturated heterocycles. The van der Waals surface area contributed by atoms with Gasteiger partial charge in [0.2, 0.25) is 11.8 Å². The van der Waals surface area contributed by atoms with Gasteiger partial charge in [0.05, 0.1) is 10.6 Å². The first-order valence-corrected chi connectivity index (χ1v) is 15.2. The summed E-state index contributed by atoms with van der Waals surface area (Å²) in [5.74, 6) is -0.694. The molecule has 0 radical (unpaired) electrons. The highest BCUT2D eigenvalue weighted by atomic mass is 32.2. The van der Waals surface area contributed by atoms with Gasteiger partial charge < -0.3 is 10.2 Å². The minimum atomic E-state index is -4.10. The molecule has 0 saturated carbocycles. The lowest BCUT2D eigenvalue weighted by Gasteiger charge is -2.33. The van der Waals surface area contributed by atoms with Gasteiger partial charge >= 0.3 is 0 Å². The minimum Gasteiger partial charge on any atom is -0.354 e. The molecule has 0 aromatic heterocycles. The van der Waals surface area contributed by atoms with Gasteiger partial charge in [-0.3, -0.25) is 13.9 Å². The van der Waals surface area contributed by atoms with Crippen LogP contribution in [0.2, 0.25) is 0 Å². The van der Waals surface area contributed by atoms with Gasteiger partial charge in [-0.15, -0.1) is 0 Å². The quantitative estimate of drug-likeness (QED) is 0.318. The van der Waals surface area contributed by atoms with Gasteiger partial charge in [0, 0.05) is 13.1 Å². The van der Waals surface area contributed by atoms with Gasteiger partial charge in [-0.05, 0) is 75.4 Å². The molecule has 7 nitrogen and oxygen atoms in total. The molecule has 8 heteroatoms. The van der Waals surface area contributed by atoms with Crippen molar-refractivity contribution < 1.29 is 18.0 Å². The van der Waals surface area contributed by atoms with Crippen molar-refractivity contribution in [2.24, 2.45) is 0 Å². The maximum atomic E-state index is 14.1.